The van der Waals surface area contributed by atoms with Gasteiger partial charge >= 0.3 is 0 Å². The predicted octanol–water partition coefficient (Wildman–Crippen LogP) is 1.94. The minimum Gasteiger partial charge on any atom is -0.473 e. The maximum Gasteiger partial charge on any atom is 0.257 e. The largest absolute Gasteiger partial charge is 0.473 e. The van der Waals surface area contributed by atoms with Gasteiger partial charge in [-0.1, -0.05) is 0 Å². The van der Waals surface area contributed by atoms with Crippen molar-refractivity contribution in [3.05, 3.63) is 36.5 Å². The van der Waals surface area contributed by atoms with Crippen LogP contribution in [0.15, 0.2) is 31.0 Å². The summed E-state index contributed by atoms with van der Waals surface area (Å²) in [6, 6.07) is 0.252. The number of amides is 1. The zero-order valence-electron chi connectivity index (χ0n) is 13.4. The Bertz CT molecular complexity index is 648. The Hall–Kier alpha value is -2.44. The lowest BCUT2D eigenvalue weighted by Gasteiger charge is -2.31. The first-order valence-corrected chi connectivity index (χ1v) is 7.89. The summed E-state index contributed by atoms with van der Waals surface area (Å²) in [4.78, 5) is 22.5. The van der Waals surface area contributed by atoms with Gasteiger partial charge in [-0.25, -0.2) is 4.98 Å². The standard InChI is InChI=1S/C16H21N5O2/c1-12(2)21-11-13(9-19-21)16(22)20-7-3-14(4-8-20)23-15-10-17-5-6-18-15/h5-6,9-12,14H,3-4,7-8H2,1-2H3. The Kier molecular flexibility index (Phi) is 4.55. The van der Waals surface area contributed by atoms with E-state index in [1.54, 1.807) is 29.5 Å². The van der Waals surface area contributed by atoms with Crippen LogP contribution in [0.1, 0.15) is 43.1 Å². The third-order valence-corrected chi connectivity index (χ3v) is 3.93. The van der Waals surface area contributed by atoms with Crippen LogP contribution in [0.3, 0.4) is 0 Å². The molecule has 7 heteroatoms. The lowest BCUT2D eigenvalue weighted by molar-refractivity contribution is 0.0587. The normalized spacial score (nSPS) is 15.9. The van der Waals surface area contributed by atoms with Crippen molar-refractivity contribution in [3.8, 4) is 5.88 Å². The number of ether oxygens (including phenoxy) is 1. The van der Waals surface area contributed by atoms with Crippen LogP contribution in [-0.4, -0.2) is 49.7 Å². The Morgan fingerprint density at radius 2 is 2.04 bits per heavy atom. The summed E-state index contributed by atoms with van der Waals surface area (Å²) < 4.78 is 7.60. The van der Waals surface area contributed by atoms with Gasteiger partial charge in [0.05, 0.1) is 18.0 Å². The monoisotopic (exact) mass is 315 g/mol. The highest BCUT2D eigenvalue weighted by atomic mass is 16.5. The van der Waals surface area contributed by atoms with E-state index in [2.05, 4.69) is 15.1 Å². The number of likely N-dealkylation sites (tertiary alicyclic amines) is 1. The van der Waals surface area contributed by atoms with Crippen molar-refractivity contribution in [2.45, 2.75) is 38.8 Å². The van der Waals surface area contributed by atoms with Gasteiger partial charge in [-0.2, -0.15) is 5.10 Å². The van der Waals surface area contributed by atoms with Gasteiger partial charge in [0.15, 0.2) is 0 Å². The Morgan fingerprint density at radius 3 is 2.65 bits per heavy atom. The van der Waals surface area contributed by atoms with E-state index in [4.69, 9.17) is 4.74 Å². The summed E-state index contributed by atoms with van der Waals surface area (Å²) >= 11 is 0. The van der Waals surface area contributed by atoms with E-state index in [1.165, 1.54) is 0 Å². The van der Waals surface area contributed by atoms with Gasteiger partial charge in [-0.15, -0.1) is 0 Å². The highest BCUT2D eigenvalue weighted by molar-refractivity contribution is 5.93. The first-order valence-electron chi connectivity index (χ1n) is 7.89. The molecular weight excluding hydrogens is 294 g/mol. The van der Waals surface area contributed by atoms with Crippen LogP contribution in [-0.2, 0) is 0 Å². The average Bonchev–Trinajstić information content (AvgIpc) is 3.06. The molecule has 3 heterocycles. The Labute approximate surface area is 135 Å². The molecule has 1 aliphatic rings. The molecule has 0 atom stereocenters. The second-order valence-electron chi connectivity index (χ2n) is 5.96. The van der Waals surface area contributed by atoms with Crippen LogP contribution in [0, 0.1) is 0 Å². The van der Waals surface area contributed by atoms with Crippen molar-refractivity contribution in [1.82, 2.24) is 24.6 Å². The first-order chi connectivity index (χ1) is 11.1. The van der Waals surface area contributed by atoms with Crippen LogP contribution < -0.4 is 4.74 Å². The van der Waals surface area contributed by atoms with Gasteiger partial charge in [-0.3, -0.25) is 14.5 Å². The third-order valence-electron chi connectivity index (χ3n) is 3.93. The van der Waals surface area contributed by atoms with E-state index in [0.717, 1.165) is 12.8 Å². The van der Waals surface area contributed by atoms with Gasteiger partial charge < -0.3 is 9.64 Å². The molecule has 2 aromatic rings. The van der Waals surface area contributed by atoms with Gasteiger partial charge in [0.2, 0.25) is 5.88 Å². The Morgan fingerprint density at radius 1 is 1.26 bits per heavy atom. The topological polar surface area (TPSA) is 73.1 Å². The molecule has 7 nitrogen and oxygen atoms in total. The molecule has 0 spiro atoms. The van der Waals surface area contributed by atoms with E-state index in [0.29, 0.717) is 24.5 Å². The molecule has 1 fully saturated rings. The van der Waals surface area contributed by atoms with Crippen LogP contribution >= 0.6 is 0 Å². The summed E-state index contributed by atoms with van der Waals surface area (Å²) in [7, 11) is 0. The van der Waals surface area contributed by atoms with Gasteiger partial charge in [-0.05, 0) is 13.8 Å². The quantitative estimate of drug-likeness (QED) is 0.862. The van der Waals surface area contributed by atoms with Gasteiger partial charge in [0.1, 0.15) is 6.10 Å². The summed E-state index contributed by atoms with van der Waals surface area (Å²) in [5, 5.41) is 4.23. The highest BCUT2D eigenvalue weighted by Gasteiger charge is 2.25. The SMILES string of the molecule is CC(C)n1cc(C(=O)N2CCC(Oc3cnccn3)CC2)cn1. The number of hydrogen-bond acceptors (Lipinski definition) is 5. The number of rotatable bonds is 4. The predicted molar refractivity (Wildman–Crippen MR) is 84.2 cm³/mol. The van der Waals surface area contributed by atoms with Crippen LogP contribution in [0.4, 0.5) is 0 Å². The number of carbonyl (C=O) groups excluding carboxylic acids is 1. The fourth-order valence-corrected chi connectivity index (χ4v) is 2.61. The molecule has 0 aliphatic carbocycles. The number of aromatic nitrogens is 4. The molecule has 23 heavy (non-hydrogen) atoms. The number of piperidine rings is 1. The lowest BCUT2D eigenvalue weighted by atomic mass is 10.1. The van der Waals surface area contributed by atoms with E-state index in [9.17, 15) is 4.79 Å². The Balaban J connectivity index is 1.54. The van der Waals surface area contributed by atoms with Crippen molar-refractivity contribution in [2.75, 3.05) is 13.1 Å². The lowest BCUT2D eigenvalue weighted by Crippen LogP contribution is -2.41. The van der Waals surface area contributed by atoms with Gasteiger partial charge in [0.25, 0.3) is 5.91 Å². The third kappa shape index (κ3) is 3.67. The molecule has 0 unspecified atom stereocenters. The zero-order chi connectivity index (χ0) is 16.2. The summed E-state index contributed by atoms with van der Waals surface area (Å²) in [5.74, 6) is 0.574. The molecule has 1 saturated heterocycles. The summed E-state index contributed by atoms with van der Waals surface area (Å²) in [5.41, 5.74) is 0.645. The molecule has 1 aliphatic heterocycles. The first kappa shape index (κ1) is 15.5. The molecule has 0 saturated carbocycles. The fraction of sp³-hybridized carbons (Fsp3) is 0.500. The smallest absolute Gasteiger partial charge is 0.257 e. The molecule has 0 N–H and O–H groups in total. The number of hydrogen-bond donors (Lipinski definition) is 0. The van der Waals surface area contributed by atoms with Crippen LogP contribution in [0.2, 0.25) is 0 Å². The molecule has 122 valence electrons. The molecule has 1 amide bonds. The molecule has 0 radical (unpaired) electrons. The maximum absolute atomic E-state index is 12.5. The average molecular weight is 315 g/mol. The molecule has 3 rings (SSSR count). The maximum atomic E-state index is 12.5. The highest BCUT2D eigenvalue weighted by Crippen LogP contribution is 2.18. The van der Waals surface area contributed by atoms with E-state index < -0.39 is 0 Å². The van der Waals surface area contributed by atoms with Crippen molar-refractivity contribution in [1.29, 1.82) is 0 Å². The molecule has 2 aromatic heterocycles. The second-order valence-corrected chi connectivity index (χ2v) is 5.96. The molecule has 0 bridgehead atoms. The van der Waals surface area contributed by atoms with Crippen molar-refractivity contribution in [2.24, 2.45) is 0 Å². The van der Waals surface area contributed by atoms with Gasteiger partial charge in [0, 0.05) is 50.6 Å². The van der Waals surface area contributed by atoms with Crippen molar-refractivity contribution < 1.29 is 9.53 Å². The van der Waals surface area contributed by atoms with Crippen molar-refractivity contribution >= 4 is 5.91 Å². The summed E-state index contributed by atoms with van der Waals surface area (Å²) in [6.45, 7) is 5.43. The fourth-order valence-electron chi connectivity index (χ4n) is 2.61. The second kappa shape index (κ2) is 6.76. The number of carbonyl (C=O) groups is 1. The molecular formula is C16H21N5O2. The minimum absolute atomic E-state index is 0.0369. The van der Waals surface area contributed by atoms with E-state index in [-0.39, 0.29) is 18.1 Å². The zero-order valence-corrected chi connectivity index (χ0v) is 13.4. The minimum atomic E-state index is 0.0369. The van der Waals surface area contributed by atoms with Crippen molar-refractivity contribution in [3.63, 3.8) is 0 Å². The van der Waals surface area contributed by atoms with Crippen LogP contribution in [0.5, 0.6) is 5.88 Å². The summed E-state index contributed by atoms with van der Waals surface area (Å²) in [6.07, 6.45) is 9.96. The van der Waals surface area contributed by atoms with E-state index in [1.807, 2.05) is 24.9 Å². The number of nitrogens with zero attached hydrogens (tertiary/aromatic N) is 5. The van der Waals surface area contributed by atoms with E-state index >= 15 is 0 Å². The molecule has 0 aromatic carbocycles. The van der Waals surface area contributed by atoms with Crippen LogP contribution in [0.25, 0.3) is 0 Å².